The van der Waals surface area contributed by atoms with E-state index < -0.39 is 0 Å². The first-order valence-corrected chi connectivity index (χ1v) is 7.00. The van der Waals surface area contributed by atoms with Crippen LogP contribution in [0.5, 0.6) is 0 Å². The minimum Gasteiger partial charge on any atom is -0.467 e. The summed E-state index contributed by atoms with van der Waals surface area (Å²) < 4.78 is 5.40. The predicted octanol–water partition coefficient (Wildman–Crippen LogP) is 3.01. The van der Waals surface area contributed by atoms with E-state index in [4.69, 9.17) is 4.42 Å². The molecular weight excluding hydrogens is 252 g/mol. The topological polar surface area (TPSA) is 54.2 Å². The number of nitrogens with one attached hydrogen (secondary N) is 1. The Hall–Kier alpha value is -2.04. The van der Waals surface area contributed by atoms with Crippen molar-refractivity contribution in [1.29, 1.82) is 0 Å². The second-order valence-electron chi connectivity index (χ2n) is 4.76. The summed E-state index contributed by atoms with van der Waals surface area (Å²) in [6, 6.07) is 3.87. The van der Waals surface area contributed by atoms with E-state index in [2.05, 4.69) is 34.0 Å². The molecule has 5 heteroatoms. The Kier molecular flexibility index (Phi) is 4.61. The molecule has 0 saturated carbocycles. The number of aryl methyl sites for hydroxylation is 1. The number of furan rings is 1. The minimum atomic E-state index is 0.694. The quantitative estimate of drug-likeness (QED) is 0.877. The fourth-order valence-electron chi connectivity index (χ4n) is 2.13. The summed E-state index contributed by atoms with van der Waals surface area (Å²) in [5.41, 5.74) is 1.07. The van der Waals surface area contributed by atoms with Gasteiger partial charge in [-0.1, -0.05) is 6.92 Å². The molecule has 2 heterocycles. The van der Waals surface area contributed by atoms with Crippen LogP contribution in [0.2, 0.25) is 0 Å². The Morgan fingerprint density at radius 2 is 2.10 bits per heavy atom. The predicted molar refractivity (Wildman–Crippen MR) is 81.1 cm³/mol. The van der Waals surface area contributed by atoms with E-state index in [9.17, 15) is 0 Å². The van der Waals surface area contributed by atoms with Crippen LogP contribution in [-0.4, -0.2) is 23.6 Å². The molecule has 0 amide bonds. The van der Waals surface area contributed by atoms with Gasteiger partial charge < -0.3 is 14.6 Å². The summed E-state index contributed by atoms with van der Waals surface area (Å²) in [5.74, 6) is 3.64. The molecule has 20 heavy (non-hydrogen) atoms. The molecule has 0 unspecified atom stereocenters. The van der Waals surface area contributed by atoms with Gasteiger partial charge in [-0.3, -0.25) is 0 Å². The highest BCUT2D eigenvalue weighted by atomic mass is 16.3. The summed E-state index contributed by atoms with van der Waals surface area (Å²) in [7, 11) is 2.02. The van der Waals surface area contributed by atoms with Gasteiger partial charge in [-0.15, -0.1) is 0 Å². The molecule has 0 saturated heterocycles. The van der Waals surface area contributed by atoms with E-state index >= 15 is 0 Å². The van der Waals surface area contributed by atoms with Crippen molar-refractivity contribution in [2.24, 2.45) is 0 Å². The van der Waals surface area contributed by atoms with E-state index in [0.717, 1.165) is 41.7 Å². The zero-order valence-electron chi connectivity index (χ0n) is 12.6. The van der Waals surface area contributed by atoms with E-state index in [0.29, 0.717) is 6.54 Å². The molecule has 2 aromatic heterocycles. The van der Waals surface area contributed by atoms with Gasteiger partial charge in [0.05, 0.1) is 12.8 Å². The first-order valence-electron chi connectivity index (χ1n) is 7.00. The lowest BCUT2D eigenvalue weighted by molar-refractivity contribution is 0.506. The number of hydrogen-bond acceptors (Lipinski definition) is 5. The van der Waals surface area contributed by atoms with Crippen molar-refractivity contribution in [3.05, 3.63) is 35.5 Å². The lowest BCUT2D eigenvalue weighted by Gasteiger charge is -2.21. The van der Waals surface area contributed by atoms with Crippen LogP contribution in [-0.2, 0) is 13.0 Å². The smallest absolute Gasteiger partial charge is 0.137 e. The maximum Gasteiger partial charge on any atom is 0.137 e. The molecule has 0 spiro atoms. The highest BCUT2D eigenvalue weighted by Gasteiger charge is 2.14. The third kappa shape index (κ3) is 3.10. The molecule has 1 N–H and O–H groups in total. The van der Waals surface area contributed by atoms with E-state index in [1.807, 2.05) is 26.1 Å². The van der Waals surface area contributed by atoms with Crippen molar-refractivity contribution in [3.63, 3.8) is 0 Å². The summed E-state index contributed by atoms with van der Waals surface area (Å²) in [5, 5.41) is 3.30. The van der Waals surface area contributed by atoms with Crippen molar-refractivity contribution in [2.45, 2.75) is 33.7 Å². The molecule has 108 valence electrons. The Bertz CT molecular complexity index is 551. The van der Waals surface area contributed by atoms with Gasteiger partial charge >= 0.3 is 0 Å². The molecule has 2 aromatic rings. The molecule has 0 aliphatic rings. The summed E-state index contributed by atoms with van der Waals surface area (Å²) in [4.78, 5) is 11.3. The van der Waals surface area contributed by atoms with Gasteiger partial charge in [-0.05, 0) is 26.0 Å². The third-order valence-electron chi connectivity index (χ3n) is 3.16. The van der Waals surface area contributed by atoms with Crippen LogP contribution < -0.4 is 10.2 Å². The maximum atomic E-state index is 5.40. The first kappa shape index (κ1) is 14.4. The van der Waals surface area contributed by atoms with Gasteiger partial charge in [0.2, 0.25) is 0 Å². The molecule has 0 fully saturated rings. The average molecular weight is 274 g/mol. The number of hydrogen-bond donors (Lipinski definition) is 1. The zero-order valence-corrected chi connectivity index (χ0v) is 12.6. The highest BCUT2D eigenvalue weighted by Crippen LogP contribution is 2.24. The van der Waals surface area contributed by atoms with Crippen LogP contribution >= 0.6 is 0 Å². The second-order valence-corrected chi connectivity index (χ2v) is 4.76. The molecule has 0 bridgehead atoms. The van der Waals surface area contributed by atoms with Crippen molar-refractivity contribution in [1.82, 2.24) is 9.97 Å². The fourth-order valence-corrected chi connectivity index (χ4v) is 2.13. The van der Waals surface area contributed by atoms with Gasteiger partial charge in [0.15, 0.2) is 0 Å². The molecule has 0 aliphatic carbocycles. The summed E-state index contributed by atoms with van der Waals surface area (Å²) in [6.07, 6.45) is 2.51. The van der Waals surface area contributed by atoms with Crippen molar-refractivity contribution in [2.75, 3.05) is 23.8 Å². The van der Waals surface area contributed by atoms with Crippen LogP contribution in [0, 0.1) is 6.92 Å². The average Bonchev–Trinajstić information content (AvgIpc) is 2.94. The van der Waals surface area contributed by atoms with Crippen LogP contribution in [0.1, 0.15) is 31.0 Å². The van der Waals surface area contributed by atoms with Crippen molar-refractivity contribution in [3.8, 4) is 0 Å². The standard InChI is InChI=1S/C15H22N4O/c1-5-13-17-14(16-6-2)11(3)15(18-13)19(4)10-12-8-7-9-20-12/h7-9H,5-6,10H2,1-4H3,(H,16,17,18). The van der Waals surface area contributed by atoms with Crippen molar-refractivity contribution >= 4 is 11.6 Å². The Balaban J connectivity index is 2.31. The van der Waals surface area contributed by atoms with E-state index in [-0.39, 0.29) is 0 Å². The van der Waals surface area contributed by atoms with E-state index in [1.54, 1.807) is 6.26 Å². The van der Waals surface area contributed by atoms with Gasteiger partial charge in [0.25, 0.3) is 0 Å². The monoisotopic (exact) mass is 274 g/mol. The molecule has 0 atom stereocenters. The van der Waals surface area contributed by atoms with Crippen LogP contribution in [0.25, 0.3) is 0 Å². The third-order valence-corrected chi connectivity index (χ3v) is 3.16. The first-order chi connectivity index (χ1) is 9.65. The number of nitrogens with zero attached hydrogens (tertiary/aromatic N) is 3. The van der Waals surface area contributed by atoms with Crippen LogP contribution in [0.4, 0.5) is 11.6 Å². The van der Waals surface area contributed by atoms with Crippen molar-refractivity contribution < 1.29 is 4.42 Å². The number of anilines is 2. The van der Waals surface area contributed by atoms with E-state index in [1.165, 1.54) is 0 Å². The maximum absolute atomic E-state index is 5.40. The number of rotatable bonds is 6. The lowest BCUT2D eigenvalue weighted by atomic mass is 10.2. The minimum absolute atomic E-state index is 0.694. The summed E-state index contributed by atoms with van der Waals surface area (Å²) >= 11 is 0. The lowest BCUT2D eigenvalue weighted by Crippen LogP contribution is -2.20. The van der Waals surface area contributed by atoms with Crippen LogP contribution in [0.15, 0.2) is 22.8 Å². The molecule has 5 nitrogen and oxygen atoms in total. The van der Waals surface area contributed by atoms with Gasteiger partial charge in [-0.2, -0.15) is 0 Å². The SMILES string of the molecule is CCNc1nc(CC)nc(N(C)Cc2ccco2)c1C. The molecule has 0 aromatic carbocycles. The number of aromatic nitrogens is 2. The Labute approximate surface area is 120 Å². The van der Waals surface area contributed by atoms with Gasteiger partial charge in [0.1, 0.15) is 23.2 Å². The normalized spacial score (nSPS) is 10.6. The molecule has 0 radical (unpaired) electrons. The Morgan fingerprint density at radius 1 is 1.30 bits per heavy atom. The molecular formula is C15H22N4O. The van der Waals surface area contributed by atoms with Gasteiger partial charge in [0, 0.05) is 25.6 Å². The largest absolute Gasteiger partial charge is 0.467 e. The van der Waals surface area contributed by atoms with Gasteiger partial charge in [-0.25, -0.2) is 9.97 Å². The van der Waals surface area contributed by atoms with Crippen LogP contribution in [0.3, 0.4) is 0 Å². The molecule has 2 rings (SSSR count). The fraction of sp³-hybridized carbons (Fsp3) is 0.467. The Morgan fingerprint density at radius 3 is 2.70 bits per heavy atom. The zero-order chi connectivity index (χ0) is 14.5. The highest BCUT2D eigenvalue weighted by molar-refractivity contribution is 5.58. The summed E-state index contributed by atoms with van der Waals surface area (Å²) in [6.45, 7) is 7.73. The second kappa shape index (κ2) is 6.41. The molecule has 0 aliphatic heterocycles.